The Hall–Kier alpha value is -2.21. The van der Waals surface area contributed by atoms with Gasteiger partial charge in [-0.3, -0.25) is 4.79 Å². The molecule has 1 N–H and O–H groups in total. The van der Waals surface area contributed by atoms with E-state index in [4.69, 9.17) is 16.3 Å². The van der Waals surface area contributed by atoms with Crippen LogP contribution in [0.5, 0.6) is 0 Å². The van der Waals surface area contributed by atoms with E-state index in [9.17, 15) is 14.7 Å². The molecule has 1 aromatic heterocycles. The quantitative estimate of drug-likeness (QED) is 0.882. The summed E-state index contributed by atoms with van der Waals surface area (Å²) >= 11 is 6.33. The Balaban J connectivity index is 2.02. The summed E-state index contributed by atoms with van der Waals surface area (Å²) in [6.45, 7) is 6.21. The van der Waals surface area contributed by atoms with Crippen LogP contribution in [0.3, 0.4) is 0 Å². The third-order valence-corrected chi connectivity index (χ3v) is 4.47. The molecule has 6 nitrogen and oxygen atoms in total. The van der Waals surface area contributed by atoms with Crippen LogP contribution in [0.15, 0.2) is 18.2 Å². The van der Waals surface area contributed by atoms with E-state index in [-0.39, 0.29) is 12.6 Å². The lowest BCUT2D eigenvalue weighted by Gasteiger charge is -2.30. The fourth-order valence-corrected chi connectivity index (χ4v) is 3.53. The van der Waals surface area contributed by atoms with E-state index in [0.29, 0.717) is 30.0 Å². The molecule has 1 aliphatic rings. The van der Waals surface area contributed by atoms with Crippen molar-refractivity contribution in [2.75, 3.05) is 6.54 Å². The fraction of sp³-hybridized carbons (Fsp3) is 0.444. The van der Waals surface area contributed by atoms with E-state index in [1.807, 2.05) is 32.9 Å². The second-order valence-corrected chi connectivity index (χ2v) is 7.60. The van der Waals surface area contributed by atoms with Gasteiger partial charge in [-0.05, 0) is 26.8 Å². The van der Waals surface area contributed by atoms with Gasteiger partial charge in [0, 0.05) is 29.6 Å². The Bertz CT molecular complexity index is 851. The van der Waals surface area contributed by atoms with E-state index in [1.54, 1.807) is 15.5 Å². The van der Waals surface area contributed by atoms with Crippen molar-refractivity contribution in [2.45, 2.75) is 45.9 Å². The maximum Gasteiger partial charge on any atom is 0.410 e. The van der Waals surface area contributed by atoms with Crippen LogP contribution in [-0.2, 0) is 29.0 Å². The van der Waals surface area contributed by atoms with Gasteiger partial charge in [0.1, 0.15) is 12.1 Å². The molecule has 0 aliphatic carbocycles. The van der Waals surface area contributed by atoms with Crippen molar-refractivity contribution < 1.29 is 19.4 Å². The summed E-state index contributed by atoms with van der Waals surface area (Å²) in [6.07, 6.45) is 0.201. The van der Waals surface area contributed by atoms with Crippen molar-refractivity contribution in [3.8, 4) is 0 Å². The van der Waals surface area contributed by atoms with Crippen molar-refractivity contribution in [3.05, 3.63) is 34.5 Å². The van der Waals surface area contributed by atoms with Gasteiger partial charge >= 0.3 is 12.1 Å². The minimum absolute atomic E-state index is 0.151. The minimum atomic E-state index is -0.922. The fourth-order valence-electron chi connectivity index (χ4n) is 3.25. The number of hydrogen-bond donors (Lipinski definition) is 1. The van der Waals surface area contributed by atoms with Crippen LogP contribution in [0.25, 0.3) is 10.9 Å². The molecule has 1 aliphatic heterocycles. The number of carboxylic acid groups (broad SMARTS) is 1. The Kier molecular flexibility index (Phi) is 4.41. The van der Waals surface area contributed by atoms with Crippen LogP contribution < -0.4 is 0 Å². The zero-order chi connectivity index (χ0) is 18.4. The molecule has 1 aromatic carbocycles. The summed E-state index contributed by atoms with van der Waals surface area (Å²) in [5.74, 6) is -0.922. The molecule has 25 heavy (non-hydrogen) atoms. The van der Waals surface area contributed by atoms with Crippen LogP contribution in [0.2, 0.25) is 5.02 Å². The molecule has 0 saturated heterocycles. The smallest absolute Gasteiger partial charge is 0.410 e. The minimum Gasteiger partial charge on any atom is -0.480 e. The van der Waals surface area contributed by atoms with Crippen molar-refractivity contribution in [1.82, 2.24) is 9.47 Å². The van der Waals surface area contributed by atoms with Crippen LogP contribution >= 0.6 is 11.6 Å². The Morgan fingerprint density at radius 3 is 2.68 bits per heavy atom. The molecule has 2 aromatic rings. The maximum atomic E-state index is 12.4. The highest BCUT2D eigenvalue weighted by molar-refractivity contribution is 6.35. The summed E-state index contributed by atoms with van der Waals surface area (Å²) in [5, 5.41) is 10.7. The predicted octanol–water partition coefficient (Wildman–Crippen LogP) is 3.67. The average Bonchev–Trinajstić information content (AvgIpc) is 2.80. The van der Waals surface area contributed by atoms with Gasteiger partial charge in [0.05, 0.1) is 17.1 Å². The maximum absolute atomic E-state index is 12.4. The van der Waals surface area contributed by atoms with Crippen molar-refractivity contribution >= 4 is 34.6 Å². The number of benzene rings is 1. The number of carbonyl (C=O) groups is 2. The summed E-state index contributed by atoms with van der Waals surface area (Å²) in [7, 11) is 0. The number of aromatic nitrogens is 1. The summed E-state index contributed by atoms with van der Waals surface area (Å²) in [6, 6.07) is 5.50. The standard InChI is InChI=1S/C18H21ClN2O4/c1-18(2,3)25-17(24)20-8-7-14-12(9-20)11-5-4-6-13(19)16(11)21(14)10-15(22)23/h4-6H,7-10H2,1-3H3,(H,22,23). The number of amides is 1. The number of carbonyl (C=O) groups excluding carboxylic acids is 1. The Labute approximate surface area is 150 Å². The molecule has 0 unspecified atom stereocenters. The van der Waals surface area contributed by atoms with Gasteiger partial charge < -0.3 is 19.3 Å². The topological polar surface area (TPSA) is 71.8 Å². The lowest BCUT2D eigenvalue weighted by atomic mass is 10.0. The molecule has 0 spiro atoms. The number of aliphatic carboxylic acids is 1. The summed E-state index contributed by atoms with van der Waals surface area (Å²) in [4.78, 5) is 25.3. The molecule has 1 amide bonds. The van der Waals surface area contributed by atoms with E-state index < -0.39 is 11.6 Å². The van der Waals surface area contributed by atoms with E-state index >= 15 is 0 Å². The highest BCUT2D eigenvalue weighted by atomic mass is 35.5. The lowest BCUT2D eigenvalue weighted by Crippen LogP contribution is -2.40. The first-order valence-electron chi connectivity index (χ1n) is 8.15. The molecule has 3 rings (SSSR count). The first-order valence-corrected chi connectivity index (χ1v) is 8.53. The first-order chi connectivity index (χ1) is 11.7. The number of fused-ring (bicyclic) bond motifs is 3. The molecule has 2 heterocycles. The van der Waals surface area contributed by atoms with Crippen LogP contribution in [0.4, 0.5) is 4.79 Å². The van der Waals surface area contributed by atoms with Gasteiger partial charge in [0.2, 0.25) is 0 Å². The molecule has 0 fully saturated rings. The van der Waals surface area contributed by atoms with E-state index in [1.165, 1.54) is 0 Å². The molecular weight excluding hydrogens is 344 g/mol. The highest BCUT2D eigenvalue weighted by Crippen LogP contribution is 2.35. The van der Waals surface area contributed by atoms with Crippen LogP contribution in [0.1, 0.15) is 32.0 Å². The molecule has 134 valence electrons. The van der Waals surface area contributed by atoms with E-state index in [0.717, 1.165) is 16.6 Å². The largest absolute Gasteiger partial charge is 0.480 e. The number of carboxylic acids is 1. The predicted molar refractivity (Wildman–Crippen MR) is 94.9 cm³/mol. The van der Waals surface area contributed by atoms with E-state index in [2.05, 4.69) is 0 Å². The van der Waals surface area contributed by atoms with Crippen LogP contribution in [0, 0.1) is 0 Å². The molecule has 0 bridgehead atoms. The zero-order valence-electron chi connectivity index (χ0n) is 14.5. The van der Waals surface area contributed by atoms with Crippen molar-refractivity contribution in [3.63, 3.8) is 0 Å². The third-order valence-electron chi connectivity index (χ3n) is 4.17. The number of hydrogen-bond acceptors (Lipinski definition) is 3. The molecule has 0 atom stereocenters. The molecule has 7 heteroatoms. The monoisotopic (exact) mass is 364 g/mol. The van der Waals surface area contributed by atoms with Gasteiger partial charge in [-0.15, -0.1) is 0 Å². The second-order valence-electron chi connectivity index (χ2n) is 7.19. The second kappa shape index (κ2) is 6.26. The normalized spacial score (nSPS) is 14.5. The van der Waals surface area contributed by atoms with Crippen LogP contribution in [-0.4, -0.2) is 38.8 Å². The number of halogens is 1. The SMILES string of the molecule is CC(C)(C)OC(=O)N1CCc2c(c3cccc(Cl)c3n2CC(=O)O)C1. The number of para-hydroxylation sites is 1. The highest BCUT2D eigenvalue weighted by Gasteiger charge is 2.30. The van der Waals surface area contributed by atoms with Gasteiger partial charge in [-0.25, -0.2) is 4.79 Å². The van der Waals surface area contributed by atoms with Crippen molar-refractivity contribution in [1.29, 1.82) is 0 Å². The number of nitrogens with zero attached hydrogens (tertiary/aromatic N) is 2. The van der Waals surface area contributed by atoms with Gasteiger partial charge in [-0.2, -0.15) is 0 Å². The Morgan fingerprint density at radius 1 is 1.32 bits per heavy atom. The molecular formula is C18H21ClN2O4. The van der Waals surface area contributed by atoms with Gasteiger partial charge in [0.15, 0.2) is 0 Å². The molecule has 0 radical (unpaired) electrons. The summed E-state index contributed by atoms with van der Waals surface area (Å²) < 4.78 is 7.21. The van der Waals surface area contributed by atoms with Crippen molar-refractivity contribution in [2.24, 2.45) is 0 Å². The lowest BCUT2D eigenvalue weighted by molar-refractivity contribution is -0.137. The zero-order valence-corrected chi connectivity index (χ0v) is 15.3. The number of rotatable bonds is 2. The Morgan fingerprint density at radius 2 is 2.04 bits per heavy atom. The number of ether oxygens (including phenoxy) is 1. The van der Waals surface area contributed by atoms with Gasteiger partial charge in [-0.1, -0.05) is 23.7 Å². The molecule has 0 saturated carbocycles. The average molecular weight is 365 g/mol. The third kappa shape index (κ3) is 3.44. The van der Waals surface area contributed by atoms with Gasteiger partial charge in [0.25, 0.3) is 0 Å². The first kappa shape index (κ1) is 17.6. The summed E-state index contributed by atoms with van der Waals surface area (Å²) in [5.41, 5.74) is 2.02.